The lowest BCUT2D eigenvalue weighted by Gasteiger charge is -2.30. The summed E-state index contributed by atoms with van der Waals surface area (Å²) < 4.78 is 27.9. The first-order valence-corrected chi connectivity index (χ1v) is 6.48. The molecule has 0 saturated carbocycles. The van der Waals surface area contributed by atoms with Crippen LogP contribution in [0.15, 0.2) is 42.5 Å². The van der Waals surface area contributed by atoms with Gasteiger partial charge in [0.15, 0.2) is 0 Å². The SMILES string of the molecule is Cc1ccc(F)c(C(CN)N(C)c2ccccc2F)c1. The van der Waals surface area contributed by atoms with E-state index in [1.165, 1.54) is 12.1 Å². The third kappa shape index (κ3) is 2.80. The van der Waals surface area contributed by atoms with Gasteiger partial charge in [-0.3, -0.25) is 0 Å². The van der Waals surface area contributed by atoms with Gasteiger partial charge in [-0.15, -0.1) is 0 Å². The fourth-order valence-corrected chi connectivity index (χ4v) is 2.32. The Balaban J connectivity index is 2.42. The fourth-order valence-electron chi connectivity index (χ4n) is 2.32. The zero-order valence-corrected chi connectivity index (χ0v) is 11.6. The largest absolute Gasteiger partial charge is 0.364 e. The van der Waals surface area contributed by atoms with Crippen molar-refractivity contribution in [1.29, 1.82) is 0 Å². The van der Waals surface area contributed by atoms with Gasteiger partial charge in [0.25, 0.3) is 0 Å². The fraction of sp³-hybridized carbons (Fsp3) is 0.250. The van der Waals surface area contributed by atoms with E-state index in [0.29, 0.717) is 11.3 Å². The van der Waals surface area contributed by atoms with E-state index in [1.54, 1.807) is 42.3 Å². The topological polar surface area (TPSA) is 29.3 Å². The molecule has 0 amide bonds. The molecular weight excluding hydrogens is 258 g/mol. The number of hydrogen-bond acceptors (Lipinski definition) is 2. The Bertz CT molecular complexity index is 599. The Kier molecular flexibility index (Phi) is 4.35. The zero-order chi connectivity index (χ0) is 14.7. The van der Waals surface area contributed by atoms with Gasteiger partial charge in [-0.25, -0.2) is 8.78 Å². The molecule has 0 spiro atoms. The summed E-state index contributed by atoms with van der Waals surface area (Å²) in [5.41, 5.74) is 7.62. The van der Waals surface area contributed by atoms with Crippen LogP contribution >= 0.6 is 0 Å². The van der Waals surface area contributed by atoms with E-state index in [4.69, 9.17) is 5.73 Å². The second-order valence-corrected chi connectivity index (χ2v) is 4.84. The van der Waals surface area contributed by atoms with Crippen molar-refractivity contribution < 1.29 is 8.78 Å². The van der Waals surface area contributed by atoms with Crippen molar-refractivity contribution in [2.45, 2.75) is 13.0 Å². The zero-order valence-electron chi connectivity index (χ0n) is 11.6. The highest BCUT2D eigenvalue weighted by molar-refractivity contribution is 5.49. The predicted octanol–water partition coefficient (Wildman–Crippen LogP) is 3.41. The van der Waals surface area contributed by atoms with Gasteiger partial charge in [0.2, 0.25) is 0 Å². The van der Waals surface area contributed by atoms with Crippen LogP contribution in [0.2, 0.25) is 0 Å². The van der Waals surface area contributed by atoms with Crippen molar-refractivity contribution in [2.75, 3.05) is 18.5 Å². The molecule has 20 heavy (non-hydrogen) atoms. The second kappa shape index (κ2) is 6.01. The number of rotatable bonds is 4. The summed E-state index contributed by atoms with van der Waals surface area (Å²) in [6.45, 7) is 2.09. The molecule has 0 aliphatic rings. The monoisotopic (exact) mass is 276 g/mol. The van der Waals surface area contributed by atoms with E-state index < -0.39 is 6.04 Å². The minimum atomic E-state index is -0.410. The van der Waals surface area contributed by atoms with Crippen LogP contribution in [0.3, 0.4) is 0 Å². The standard InChI is InChI=1S/C16H18F2N2/c1-11-7-8-13(17)12(9-11)16(10-19)20(2)15-6-4-3-5-14(15)18/h3-9,16H,10,19H2,1-2H3. The number of nitrogens with zero attached hydrogens (tertiary/aromatic N) is 1. The molecule has 0 bridgehead atoms. The number of aryl methyl sites for hydroxylation is 1. The van der Waals surface area contributed by atoms with E-state index in [-0.39, 0.29) is 18.2 Å². The lowest BCUT2D eigenvalue weighted by molar-refractivity contribution is 0.562. The van der Waals surface area contributed by atoms with Crippen LogP contribution in [0.1, 0.15) is 17.2 Å². The third-order valence-electron chi connectivity index (χ3n) is 3.43. The minimum absolute atomic E-state index is 0.200. The summed E-state index contributed by atoms with van der Waals surface area (Å²) in [7, 11) is 1.72. The van der Waals surface area contributed by atoms with Gasteiger partial charge in [0, 0.05) is 19.2 Å². The highest BCUT2D eigenvalue weighted by atomic mass is 19.1. The Labute approximate surface area is 117 Å². The summed E-state index contributed by atoms with van der Waals surface area (Å²) in [6, 6.07) is 10.9. The normalized spacial score (nSPS) is 12.2. The Hall–Kier alpha value is -1.94. The number of likely N-dealkylation sites (N-methyl/N-ethyl adjacent to an activating group) is 1. The van der Waals surface area contributed by atoms with Crippen molar-refractivity contribution >= 4 is 5.69 Å². The average molecular weight is 276 g/mol. The molecule has 2 aromatic rings. The molecule has 1 atom stereocenters. The molecule has 0 radical (unpaired) electrons. The molecule has 0 saturated heterocycles. The minimum Gasteiger partial charge on any atom is -0.364 e. The lowest BCUT2D eigenvalue weighted by atomic mass is 10.0. The Morgan fingerprint density at radius 1 is 1.10 bits per heavy atom. The molecule has 0 aromatic heterocycles. The summed E-state index contributed by atoms with van der Waals surface area (Å²) in [6.07, 6.45) is 0. The van der Waals surface area contributed by atoms with E-state index >= 15 is 0 Å². The number of hydrogen-bond donors (Lipinski definition) is 1. The van der Waals surface area contributed by atoms with E-state index in [0.717, 1.165) is 5.56 Å². The van der Waals surface area contributed by atoms with Crippen molar-refractivity contribution in [3.05, 3.63) is 65.2 Å². The van der Waals surface area contributed by atoms with Crippen LogP contribution in [0.5, 0.6) is 0 Å². The van der Waals surface area contributed by atoms with Gasteiger partial charge in [-0.05, 0) is 25.1 Å². The maximum Gasteiger partial charge on any atom is 0.146 e. The molecule has 106 valence electrons. The number of benzene rings is 2. The second-order valence-electron chi connectivity index (χ2n) is 4.84. The van der Waals surface area contributed by atoms with Gasteiger partial charge >= 0.3 is 0 Å². The van der Waals surface area contributed by atoms with Gasteiger partial charge in [-0.1, -0.05) is 29.8 Å². The molecule has 1 unspecified atom stereocenters. The van der Waals surface area contributed by atoms with E-state index in [9.17, 15) is 8.78 Å². The molecule has 4 heteroatoms. The van der Waals surface area contributed by atoms with Crippen LogP contribution in [-0.2, 0) is 0 Å². The van der Waals surface area contributed by atoms with Crippen LogP contribution in [0.25, 0.3) is 0 Å². The van der Waals surface area contributed by atoms with Crippen LogP contribution in [-0.4, -0.2) is 13.6 Å². The lowest BCUT2D eigenvalue weighted by Crippen LogP contribution is -2.31. The van der Waals surface area contributed by atoms with Crippen molar-refractivity contribution in [3.8, 4) is 0 Å². The van der Waals surface area contributed by atoms with Crippen LogP contribution in [0.4, 0.5) is 14.5 Å². The quantitative estimate of drug-likeness (QED) is 0.927. The van der Waals surface area contributed by atoms with Gasteiger partial charge in [0.05, 0.1) is 11.7 Å². The first kappa shape index (κ1) is 14.5. The maximum atomic E-state index is 14.0. The van der Waals surface area contributed by atoms with Crippen LogP contribution in [0, 0.1) is 18.6 Å². The first-order valence-electron chi connectivity index (χ1n) is 6.48. The number of anilines is 1. The first-order chi connectivity index (χ1) is 9.54. The van der Waals surface area contributed by atoms with Crippen molar-refractivity contribution in [2.24, 2.45) is 5.73 Å². The maximum absolute atomic E-state index is 14.0. The summed E-state index contributed by atoms with van der Waals surface area (Å²) in [5.74, 6) is -0.671. The molecule has 0 heterocycles. The molecule has 2 aromatic carbocycles. The Morgan fingerprint density at radius 2 is 1.80 bits per heavy atom. The van der Waals surface area contributed by atoms with Gasteiger partial charge in [-0.2, -0.15) is 0 Å². The van der Waals surface area contributed by atoms with Crippen LogP contribution < -0.4 is 10.6 Å². The Morgan fingerprint density at radius 3 is 2.45 bits per heavy atom. The third-order valence-corrected chi connectivity index (χ3v) is 3.43. The summed E-state index contributed by atoms with van der Waals surface area (Å²) in [5, 5.41) is 0. The van der Waals surface area contributed by atoms with Crippen molar-refractivity contribution in [3.63, 3.8) is 0 Å². The average Bonchev–Trinajstić information content (AvgIpc) is 2.44. The molecule has 2 nitrogen and oxygen atoms in total. The number of para-hydroxylation sites is 1. The number of halogens is 2. The smallest absolute Gasteiger partial charge is 0.146 e. The number of nitrogens with two attached hydrogens (primary N) is 1. The van der Waals surface area contributed by atoms with Crippen molar-refractivity contribution in [1.82, 2.24) is 0 Å². The molecule has 0 aliphatic carbocycles. The molecule has 2 N–H and O–H groups in total. The molecule has 0 fully saturated rings. The highest BCUT2D eigenvalue weighted by Crippen LogP contribution is 2.28. The van der Waals surface area contributed by atoms with E-state index in [1.807, 2.05) is 6.92 Å². The molecule has 2 rings (SSSR count). The summed E-state index contributed by atoms with van der Waals surface area (Å²) in [4.78, 5) is 1.67. The molecular formula is C16H18F2N2. The van der Waals surface area contributed by atoms with E-state index in [2.05, 4.69) is 0 Å². The van der Waals surface area contributed by atoms with Gasteiger partial charge < -0.3 is 10.6 Å². The predicted molar refractivity (Wildman–Crippen MR) is 77.7 cm³/mol. The van der Waals surface area contributed by atoms with Gasteiger partial charge in [0.1, 0.15) is 11.6 Å². The highest BCUT2D eigenvalue weighted by Gasteiger charge is 2.21. The summed E-state index contributed by atoms with van der Waals surface area (Å²) >= 11 is 0. The molecule has 0 aliphatic heterocycles.